The van der Waals surface area contributed by atoms with Gasteiger partial charge in [0.05, 0.1) is 0 Å². The molecule has 0 saturated carbocycles. The highest BCUT2D eigenvalue weighted by Gasteiger charge is 2.35. The van der Waals surface area contributed by atoms with Crippen LogP contribution >= 0.6 is 0 Å². The Morgan fingerprint density at radius 3 is 2.40 bits per heavy atom. The van der Waals surface area contributed by atoms with Gasteiger partial charge in [-0.25, -0.2) is 4.79 Å². The van der Waals surface area contributed by atoms with Crippen LogP contribution in [-0.2, 0) is 20.9 Å². The van der Waals surface area contributed by atoms with Crippen LogP contribution in [0, 0.1) is 0 Å². The zero-order chi connectivity index (χ0) is 21.3. The van der Waals surface area contributed by atoms with Crippen molar-refractivity contribution in [3.05, 3.63) is 71.8 Å². The number of carboxylic acid groups (broad SMARTS) is 1. The number of nitrogens with zero attached hydrogens (tertiary/aromatic N) is 1. The van der Waals surface area contributed by atoms with E-state index in [0.29, 0.717) is 19.4 Å². The molecule has 2 amide bonds. The first-order valence-electron chi connectivity index (χ1n) is 10.0. The molecule has 1 heterocycles. The number of ether oxygens (including phenoxy) is 1. The molecule has 7 heteroatoms. The van der Waals surface area contributed by atoms with Crippen molar-refractivity contribution in [3.8, 4) is 0 Å². The molecule has 2 atom stereocenters. The van der Waals surface area contributed by atoms with Crippen LogP contribution in [0.25, 0.3) is 0 Å². The second kappa shape index (κ2) is 10.4. The van der Waals surface area contributed by atoms with Gasteiger partial charge in [-0.1, -0.05) is 60.7 Å². The Morgan fingerprint density at radius 2 is 1.73 bits per heavy atom. The topological polar surface area (TPSA) is 98.8 Å². The molecule has 1 aliphatic rings. The van der Waals surface area contributed by atoms with E-state index in [0.717, 1.165) is 11.1 Å². The van der Waals surface area contributed by atoms with Gasteiger partial charge >= 0.3 is 6.09 Å². The van der Waals surface area contributed by atoms with E-state index in [4.69, 9.17) is 4.74 Å². The number of carbonyl (C=O) groups is 3. The highest BCUT2D eigenvalue weighted by Crippen LogP contribution is 2.21. The summed E-state index contributed by atoms with van der Waals surface area (Å²) in [5.41, 5.74) is 1.69. The van der Waals surface area contributed by atoms with Gasteiger partial charge in [0, 0.05) is 25.0 Å². The number of carboxylic acids is 1. The Hall–Kier alpha value is -3.35. The molecule has 0 bridgehead atoms. The molecule has 2 aromatic carbocycles. The van der Waals surface area contributed by atoms with Crippen LogP contribution in [0.3, 0.4) is 0 Å². The molecule has 2 aromatic rings. The predicted octanol–water partition coefficient (Wildman–Crippen LogP) is 1.83. The van der Waals surface area contributed by atoms with Crippen LogP contribution in [0.5, 0.6) is 0 Å². The Kier molecular flexibility index (Phi) is 7.43. The quantitative estimate of drug-likeness (QED) is 0.717. The standard InChI is InChI=1S/C23H26N2O5/c26-21(27)14-19(18-10-5-2-6-11-18)15-24-22(28)20-12-7-13-25(20)23(29)30-16-17-8-3-1-4-9-17/h1-6,8-11,19-20H,7,12-16H2,(H,24,28)(H,26,27)/p-1/t19-,20+/m1/s1. The first-order valence-corrected chi connectivity index (χ1v) is 10.0. The predicted molar refractivity (Wildman–Crippen MR) is 108 cm³/mol. The summed E-state index contributed by atoms with van der Waals surface area (Å²) in [7, 11) is 0. The number of rotatable bonds is 8. The van der Waals surface area contributed by atoms with Gasteiger partial charge in [0.1, 0.15) is 12.6 Å². The number of hydrogen-bond donors (Lipinski definition) is 1. The van der Waals surface area contributed by atoms with Crippen molar-refractivity contribution < 1.29 is 24.2 Å². The normalized spacial score (nSPS) is 16.7. The van der Waals surface area contributed by atoms with E-state index in [9.17, 15) is 19.5 Å². The average molecular weight is 409 g/mol. The van der Waals surface area contributed by atoms with Crippen molar-refractivity contribution in [2.45, 2.75) is 37.8 Å². The minimum Gasteiger partial charge on any atom is -0.550 e. The van der Waals surface area contributed by atoms with Crippen LogP contribution in [0.4, 0.5) is 4.79 Å². The van der Waals surface area contributed by atoms with Gasteiger partial charge in [0.15, 0.2) is 0 Å². The summed E-state index contributed by atoms with van der Waals surface area (Å²) < 4.78 is 5.36. The van der Waals surface area contributed by atoms with Crippen molar-refractivity contribution >= 4 is 18.0 Å². The number of hydrogen-bond acceptors (Lipinski definition) is 5. The third-order valence-electron chi connectivity index (χ3n) is 5.20. The molecule has 1 fully saturated rings. The van der Waals surface area contributed by atoms with Crippen molar-refractivity contribution in [1.82, 2.24) is 10.2 Å². The fraction of sp³-hybridized carbons (Fsp3) is 0.348. The van der Waals surface area contributed by atoms with E-state index in [-0.39, 0.29) is 25.5 Å². The average Bonchev–Trinajstić information content (AvgIpc) is 3.26. The molecule has 158 valence electrons. The van der Waals surface area contributed by atoms with Gasteiger partial charge in [-0.15, -0.1) is 0 Å². The Labute approximate surface area is 175 Å². The lowest BCUT2D eigenvalue weighted by molar-refractivity contribution is -0.306. The molecule has 1 saturated heterocycles. The Balaban J connectivity index is 1.56. The van der Waals surface area contributed by atoms with Gasteiger partial charge in [0.2, 0.25) is 5.91 Å². The summed E-state index contributed by atoms with van der Waals surface area (Å²) in [6.07, 6.45) is 0.533. The minimum atomic E-state index is -1.18. The molecule has 0 radical (unpaired) electrons. The van der Waals surface area contributed by atoms with Gasteiger partial charge in [-0.05, 0) is 30.4 Å². The fourth-order valence-electron chi connectivity index (χ4n) is 3.64. The van der Waals surface area contributed by atoms with Gasteiger partial charge in [0.25, 0.3) is 0 Å². The van der Waals surface area contributed by atoms with Crippen molar-refractivity contribution in [3.63, 3.8) is 0 Å². The second-order valence-corrected chi connectivity index (χ2v) is 7.32. The third kappa shape index (κ3) is 5.83. The highest BCUT2D eigenvalue weighted by atomic mass is 16.6. The van der Waals surface area contributed by atoms with Gasteiger partial charge in [-0.3, -0.25) is 9.69 Å². The summed E-state index contributed by atoms with van der Waals surface area (Å²) in [4.78, 5) is 37.8. The maximum Gasteiger partial charge on any atom is 0.410 e. The molecule has 0 unspecified atom stereocenters. The second-order valence-electron chi connectivity index (χ2n) is 7.32. The van der Waals surface area contributed by atoms with Crippen molar-refractivity contribution in [2.75, 3.05) is 13.1 Å². The smallest absolute Gasteiger partial charge is 0.410 e. The number of benzene rings is 2. The number of likely N-dealkylation sites (tertiary alicyclic amines) is 1. The Bertz CT molecular complexity index is 856. The van der Waals surface area contributed by atoms with E-state index < -0.39 is 24.0 Å². The summed E-state index contributed by atoms with van der Waals surface area (Å²) in [5, 5.41) is 13.9. The zero-order valence-corrected chi connectivity index (χ0v) is 16.7. The minimum absolute atomic E-state index is 0.145. The maximum absolute atomic E-state index is 12.7. The summed E-state index contributed by atoms with van der Waals surface area (Å²) >= 11 is 0. The SMILES string of the molecule is O=C([O-])C[C@H](CNC(=O)[C@@H]1CCCN1C(=O)OCc1ccccc1)c1ccccc1. The summed E-state index contributed by atoms with van der Waals surface area (Å²) in [6.45, 7) is 0.749. The zero-order valence-electron chi connectivity index (χ0n) is 16.7. The molecule has 0 aliphatic carbocycles. The molecule has 0 spiro atoms. The number of aliphatic carboxylic acids is 1. The molecule has 1 aliphatic heterocycles. The molecule has 7 nitrogen and oxygen atoms in total. The number of amides is 2. The lowest BCUT2D eigenvalue weighted by Crippen LogP contribution is -2.47. The first kappa shape index (κ1) is 21.4. The van der Waals surface area contributed by atoms with Crippen LogP contribution < -0.4 is 10.4 Å². The molecular weight excluding hydrogens is 384 g/mol. The van der Waals surface area contributed by atoms with Gasteiger partial charge in [-0.2, -0.15) is 0 Å². The van der Waals surface area contributed by atoms with Crippen LogP contribution in [0.1, 0.15) is 36.3 Å². The Morgan fingerprint density at radius 1 is 1.07 bits per heavy atom. The van der Waals surface area contributed by atoms with Crippen molar-refractivity contribution in [2.24, 2.45) is 0 Å². The van der Waals surface area contributed by atoms with E-state index in [1.807, 2.05) is 60.7 Å². The monoisotopic (exact) mass is 409 g/mol. The highest BCUT2D eigenvalue weighted by molar-refractivity contribution is 5.86. The van der Waals surface area contributed by atoms with E-state index in [1.54, 1.807) is 0 Å². The lowest BCUT2D eigenvalue weighted by Gasteiger charge is -2.25. The third-order valence-corrected chi connectivity index (χ3v) is 5.20. The van der Waals surface area contributed by atoms with Crippen molar-refractivity contribution in [1.29, 1.82) is 0 Å². The van der Waals surface area contributed by atoms with Crippen LogP contribution in [-0.4, -0.2) is 42.0 Å². The number of nitrogens with one attached hydrogen (secondary N) is 1. The lowest BCUT2D eigenvalue weighted by atomic mass is 9.95. The summed E-state index contributed by atoms with van der Waals surface area (Å²) in [5.74, 6) is -1.88. The maximum atomic E-state index is 12.7. The molecule has 1 N–H and O–H groups in total. The van der Waals surface area contributed by atoms with Crippen LogP contribution in [0.2, 0.25) is 0 Å². The van der Waals surface area contributed by atoms with Gasteiger partial charge < -0.3 is 20.0 Å². The fourth-order valence-corrected chi connectivity index (χ4v) is 3.64. The van der Waals surface area contributed by atoms with Crippen LogP contribution in [0.15, 0.2) is 60.7 Å². The van der Waals surface area contributed by atoms with E-state index in [2.05, 4.69) is 5.32 Å². The molecule has 30 heavy (non-hydrogen) atoms. The van der Waals surface area contributed by atoms with E-state index in [1.165, 1.54) is 4.90 Å². The number of carbonyl (C=O) groups excluding carboxylic acids is 3. The molecule has 0 aromatic heterocycles. The largest absolute Gasteiger partial charge is 0.550 e. The summed E-state index contributed by atoms with van der Waals surface area (Å²) in [6, 6.07) is 17.9. The van der Waals surface area contributed by atoms with E-state index >= 15 is 0 Å². The molecular formula is C23H25N2O5-. The first-order chi connectivity index (χ1) is 14.5. The molecule has 3 rings (SSSR count).